The Hall–Kier alpha value is -0.450. The van der Waals surface area contributed by atoms with Crippen LogP contribution in [-0.4, -0.2) is 32.6 Å². The van der Waals surface area contributed by atoms with Crippen molar-refractivity contribution in [2.45, 2.75) is 19.8 Å². The third kappa shape index (κ3) is 7.65. The molecule has 0 saturated heterocycles. The van der Waals surface area contributed by atoms with E-state index in [1.165, 1.54) is 0 Å². The molecule has 0 atom stereocenters. The van der Waals surface area contributed by atoms with E-state index in [1.54, 1.807) is 7.11 Å². The molecule has 72 valence electrons. The van der Waals surface area contributed by atoms with E-state index in [4.69, 9.17) is 4.74 Å². The molecular formula is C8H18N2O2. The Balaban J connectivity index is 3.08. The Bertz CT molecular complexity index is 118. The molecular weight excluding hydrogens is 156 g/mol. The summed E-state index contributed by atoms with van der Waals surface area (Å²) < 4.78 is 4.78. The van der Waals surface area contributed by atoms with E-state index < -0.39 is 0 Å². The fourth-order valence-corrected chi connectivity index (χ4v) is 0.756. The second kappa shape index (κ2) is 8.64. The van der Waals surface area contributed by atoms with Crippen LogP contribution in [0.4, 0.5) is 0 Å². The number of hydrogen-bond acceptors (Lipinski definition) is 4. The summed E-state index contributed by atoms with van der Waals surface area (Å²) in [4.78, 5) is 11.0. The number of ether oxygens (including phenoxy) is 1. The molecule has 0 fully saturated rings. The first-order valence-corrected chi connectivity index (χ1v) is 4.27. The molecule has 4 heteroatoms. The summed E-state index contributed by atoms with van der Waals surface area (Å²) in [5, 5.41) is 0. The summed E-state index contributed by atoms with van der Waals surface area (Å²) >= 11 is 0. The second-order valence-corrected chi connectivity index (χ2v) is 2.49. The van der Waals surface area contributed by atoms with Gasteiger partial charge < -0.3 is 4.74 Å². The molecule has 0 aromatic carbocycles. The number of hydrogen-bond donors (Lipinski definition) is 2. The highest BCUT2D eigenvalue weighted by Crippen LogP contribution is 1.88. The zero-order valence-corrected chi connectivity index (χ0v) is 7.85. The number of rotatable bonds is 8. The number of methoxy groups -OCH3 is 1. The lowest BCUT2D eigenvalue weighted by Gasteiger charge is -2.03. The molecule has 0 saturated carbocycles. The normalized spacial score (nSPS) is 10.2. The summed E-state index contributed by atoms with van der Waals surface area (Å²) in [7, 11) is 1.60. The molecule has 0 spiro atoms. The fourth-order valence-electron chi connectivity index (χ4n) is 0.756. The van der Waals surface area contributed by atoms with Gasteiger partial charge in [0.25, 0.3) is 0 Å². The highest BCUT2D eigenvalue weighted by molar-refractivity contribution is 5.78. The van der Waals surface area contributed by atoms with Crippen LogP contribution in [0.3, 0.4) is 0 Å². The lowest BCUT2D eigenvalue weighted by molar-refractivity contribution is -0.119. The van der Waals surface area contributed by atoms with Crippen LogP contribution >= 0.6 is 0 Å². The SMILES string of the molecule is CCNNCCC(=O)CCOC. The van der Waals surface area contributed by atoms with E-state index in [2.05, 4.69) is 10.9 Å². The minimum absolute atomic E-state index is 0.238. The molecule has 0 aromatic rings. The topological polar surface area (TPSA) is 50.4 Å². The summed E-state index contributed by atoms with van der Waals surface area (Å²) in [6.45, 7) is 4.09. The molecule has 0 unspecified atom stereocenters. The van der Waals surface area contributed by atoms with Crippen LogP contribution in [0.5, 0.6) is 0 Å². The van der Waals surface area contributed by atoms with Crippen molar-refractivity contribution in [3.05, 3.63) is 0 Å². The fraction of sp³-hybridized carbons (Fsp3) is 0.875. The van der Waals surface area contributed by atoms with Gasteiger partial charge in [0.2, 0.25) is 0 Å². The summed E-state index contributed by atoms with van der Waals surface area (Å²) in [5.74, 6) is 0.238. The van der Waals surface area contributed by atoms with Gasteiger partial charge in [0.1, 0.15) is 5.78 Å². The van der Waals surface area contributed by atoms with Crippen molar-refractivity contribution in [1.29, 1.82) is 0 Å². The number of ketones is 1. The third-order valence-corrected chi connectivity index (χ3v) is 1.42. The highest BCUT2D eigenvalue weighted by atomic mass is 16.5. The van der Waals surface area contributed by atoms with Gasteiger partial charge in [0.15, 0.2) is 0 Å². The predicted octanol–water partition coefficient (Wildman–Crippen LogP) is 0.0962. The van der Waals surface area contributed by atoms with Gasteiger partial charge in [-0.25, -0.2) is 0 Å². The summed E-state index contributed by atoms with van der Waals surface area (Å²) in [6.07, 6.45) is 1.08. The molecule has 0 bridgehead atoms. The van der Waals surface area contributed by atoms with Gasteiger partial charge in [-0.05, 0) is 0 Å². The van der Waals surface area contributed by atoms with Crippen molar-refractivity contribution in [2.75, 3.05) is 26.8 Å². The van der Waals surface area contributed by atoms with Crippen molar-refractivity contribution in [3.63, 3.8) is 0 Å². The van der Waals surface area contributed by atoms with Crippen molar-refractivity contribution in [3.8, 4) is 0 Å². The van der Waals surface area contributed by atoms with E-state index in [1.807, 2.05) is 6.92 Å². The Morgan fingerprint density at radius 2 is 2.08 bits per heavy atom. The molecule has 0 aliphatic carbocycles. The first kappa shape index (κ1) is 11.6. The number of carbonyl (C=O) groups excluding carboxylic acids is 1. The van der Waals surface area contributed by atoms with E-state index in [0.29, 0.717) is 26.0 Å². The van der Waals surface area contributed by atoms with Crippen LogP contribution in [0.2, 0.25) is 0 Å². The van der Waals surface area contributed by atoms with Crippen molar-refractivity contribution < 1.29 is 9.53 Å². The number of carbonyl (C=O) groups is 1. The largest absolute Gasteiger partial charge is 0.384 e. The summed E-state index contributed by atoms with van der Waals surface area (Å²) in [5.41, 5.74) is 5.86. The molecule has 0 radical (unpaired) electrons. The molecule has 0 rings (SSSR count). The van der Waals surface area contributed by atoms with Gasteiger partial charge in [-0.2, -0.15) is 0 Å². The standard InChI is InChI=1S/C8H18N2O2/c1-3-9-10-6-4-8(11)5-7-12-2/h9-10H,3-7H2,1-2H3. The first-order chi connectivity index (χ1) is 5.81. The molecule has 2 N–H and O–H groups in total. The van der Waals surface area contributed by atoms with Crippen molar-refractivity contribution in [2.24, 2.45) is 0 Å². The maximum Gasteiger partial charge on any atom is 0.136 e. The Kier molecular flexibility index (Phi) is 8.32. The third-order valence-electron chi connectivity index (χ3n) is 1.42. The van der Waals surface area contributed by atoms with E-state index >= 15 is 0 Å². The van der Waals surface area contributed by atoms with E-state index in [-0.39, 0.29) is 5.78 Å². The van der Waals surface area contributed by atoms with Gasteiger partial charge in [0, 0.05) is 33.0 Å². The maximum atomic E-state index is 11.0. The molecule has 0 aliphatic rings. The zero-order chi connectivity index (χ0) is 9.23. The quantitative estimate of drug-likeness (QED) is 0.404. The zero-order valence-electron chi connectivity index (χ0n) is 7.85. The Labute approximate surface area is 73.6 Å². The van der Waals surface area contributed by atoms with Gasteiger partial charge in [0.05, 0.1) is 6.61 Å². The average Bonchev–Trinajstić information content (AvgIpc) is 2.09. The minimum atomic E-state index is 0.238. The Morgan fingerprint density at radius 3 is 2.67 bits per heavy atom. The van der Waals surface area contributed by atoms with Crippen LogP contribution in [0, 0.1) is 0 Å². The van der Waals surface area contributed by atoms with Crippen LogP contribution in [0.15, 0.2) is 0 Å². The van der Waals surface area contributed by atoms with Gasteiger partial charge in [-0.1, -0.05) is 6.92 Å². The number of Topliss-reactive ketones (excluding diaryl/α,β-unsaturated/α-hetero) is 1. The van der Waals surface area contributed by atoms with Gasteiger partial charge in [-0.3, -0.25) is 15.6 Å². The minimum Gasteiger partial charge on any atom is -0.384 e. The lowest BCUT2D eigenvalue weighted by Crippen LogP contribution is -2.33. The monoisotopic (exact) mass is 174 g/mol. The van der Waals surface area contributed by atoms with Crippen molar-refractivity contribution in [1.82, 2.24) is 10.9 Å². The lowest BCUT2D eigenvalue weighted by atomic mass is 10.2. The molecule has 4 nitrogen and oxygen atoms in total. The van der Waals surface area contributed by atoms with E-state index in [9.17, 15) is 4.79 Å². The highest BCUT2D eigenvalue weighted by Gasteiger charge is 1.99. The molecule has 0 aliphatic heterocycles. The van der Waals surface area contributed by atoms with Crippen LogP contribution < -0.4 is 10.9 Å². The van der Waals surface area contributed by atoms with Crippen LogP contribution in [0.1, 0.15) is 19.8 Å². The first-order valence-electron chi connectivity index (χ1n) is 4.27. The van der Waals surface area contributed by atoms with Gasteiger partial charge in [-0.15, -0.1) is 0 Å². The number of hydrazine groups is 1. The predicted molar refractivity (Wildman–Crippen MR) is 47.8 cm³/mol. The van der Waals surface area contributed by atoms with Crippen LogP contribution in [0.25, 0.3) is 0 Å². The molecule has 12 heavy (non-hydrogen) atoms. The van der Waals surface area contributed by atoms with Crippen molar-refractivity contribution >= 4 is 5.78 Å². The average molecular weight is 174 g/mol. The second-order valence-electron chi connectivity index (χ2n) is 2.49. The number of nitrogens with one attached hydrogen (secondary N) is 2. The maximum absolute atomic E-state index is 11.0. The van der Waals surface area contributed by atoms with Crippen LogP contribution in [-0.2, 0) is 9.53 Å². The van der Waals surface area contributed by atoms with E-state index in [0.717, 1.165) is 6.54 Å². The molecule has 0 amide bonds. The smallest absolute Gasteiger partial charge is 0.136 e. The summed E-state index contributed by atoms with van der Waals surface area (Å²) in [6, 6.07) is 0. The molecule has 0 heterocycles. The molecule has 0 aromatic heterocycles. The Morgan fingerprint density at radius 1 is 1.33 bits per heavy atom. The van der Waals surface area contributed by atoms with Gasteiger partial charge >= 0.3 is 0 Å².